The lowest BCUT2D eigenvalue weighted by atomic mass is 9.89. The van der Waals surface area contributed by atoms with Crippen LogP contribution in [0, 0.1) is 17.6 Å². The highest BCUT2D eigenvalue weighted by molar-refractivity contribution is 6.31. The lowest BCUT2D eigenvalue weighted by molar-refractivity contribution is 0.0604. The van der Waals surface area contributed by atoms with E-state index in [0.717, 1.165) is 6.42 Å². The molecule has 298 valence electrons. The van der Waals surface area contributed by atoms with Crippen molar-refractivity contribution in [3.63, 3.8) is 0 Å². The normalized spacial score (nSPS) is 21.4. The Hall–Kier alpha value is -5.02. The quantitative estimate of drug-likeness (QED) is 0.265. The molecule has 0 saturated heterocycles. The van der Waals surface area contributed by atoms with E-state index in [4.69, 9.17) is 32.7 Å². The van der Waals surface area contributed by atoms with Crippen LogP contribution in [-0.2, 0) is 54.3 Å². The minimum atomic E-state index is -0.558. The molecule has 16 heteroatoms. The number of carbonyl (C=O) groups is 2. The molecule has 1 saturated carbocycles. The van der Waals surface area contributed by atoms with Crippen molar-refractivity contribution in [2.75, 3.05) is 26.3 Å². The van der Waals surface area contributed by atoms with Crippen molar-refractivity contribution in [1.29, 1.82) is 0 Å². The number of nitrogens with zero attached hydrogens (tertiary/aromatic N) is 4. The van der Waals surface area contributed by atoms with E-state index in [1.807, 2.05) is 0 Å². The molecule has 1 aliphatic carbocycles. The second kappa shape index (κ2) is 14.7. The van der Waals surface area contributed by atoms with Crippen LogP contribution in [0.15, 0.2) is 52.1 Å². The number of halogens is 4. The summed E-state index contributed by atoms with van der Waals surface area (Å²) >= 11 is 11.7. The van der Waals surface area contributed by atoms with Crippen molar-refractivity contribution >= 4 is 40.6 Å². The fourth-order valence-electron chi connectivity index (χ4n) is 8.54. The average Bonchev–Trinajstić information content (AvgIpc) is 3.84. The van der Waals surface area contributed by atoms with Gasteiger partial charge in [0.25, 0.3) is 11.8 Å². The van der Waals surface area contributed by atoms with E-state index in [1.54, 1.807) is 34.3 Å². The van der Waals surface area contributed by atoms with Crippen LogP contribution in [0.4, 0.5) is 8.78 Å². The molecular formula is C41H38Cl2F2N4O8. The van der Waals surface area contributed by atoms with Gasteiger partial charge in [-0.15, -0.1) is 0 Å². The Bertz CT molecular complexity index is 2540. The van der Waals surface area contributed by atoms with Gasteiger partial charge in [-0.3, -0.25) is 19.2 Å². The van der Waals surface area contributed by atoms with Gasteiger partial charge < -0.3 is 38.6 Å². The third-order valence-electron chi connectivity index (χ3n) is 11.7. The first-order valence-electron chi connectivity index (χ1n) is 18.5. The third-order valence-corrected chi connectivity index (χ3v) is 12.3. The highest BCUT2D eigenvalue weighted by atomic mass is 35.5. The first kappa shape index (κ1) is 38.8. The third kappa shape index (κ3) is 6.52. The highest BCUT2D eigenvalue weighted by Crippen LogP contribution is 2.56. The maximum Gasteiger partial charge on any atom is 0.274 e. The van der Waals surface area contributed by atoms with E-state index in [1.165, 1.54) is 34.1 Å². The summed E-state index contributed by atoms with van der Waals surface area (Å²) in [6, 6.07) is 8.56. The number of hydrogen-bond donors (Lipinski definition) is 2. The second-order valence-corrected chi connectivity index (χ2v) is 15.8. The molecule has 4 aromatic rings. The van der Waals surface area contributed by atoms with Crippen molar-refractivity contribution < 1.29 is 38.1 Å². The molecule has 1 spiro atoms. The molecule has 57 heavy (non-hydrogen) atoms. The van der Waals surface area contributed by atoms with Crippen LogP contribution in [-0.4, -0.2) is 67.3 Å². The van der Waals surface area contributed by atoms with Gasteiger partial charge in [0.15, 0.2) is 22.9 Å². The number of fused-ring (bicyclic) bond motifs is 7. The highest BCUT2D eigenvalue weighted by Gasteiger charge is 2.57. The molecular weight excluding hydrogens is 785 g/mol. The number of rotatable bonds is 4. The van der Waals surface area contributed by atoms with E-state index in [2.05, 4.69) is 6.92 Å². The lowest BCUT2D eigenvalue weighted by Crippen LogP contribution is -2.45. The molecule has 2 unspecified atom stereocenters. The molecule has 2 aromatic carbocycles. The van der Waals surface area contributed by atoms with Crippen molar-refractivity contribution in [1.82, 2.24) is 18.9 Å². The van der Waals surface area contributed by atoms with Crippen molar-refractivity contribution in [3.05, 3.63) is 130 Å². The summed E-state index contributed by atoms with van der Waals surface area (Å²) in [6.07, 6.45) is 2.63. The lowest BCUT2D eigenvalue weighted by Gasteiger charge is -2.35. The Morgan fingerprint density at radius 2 is 1.28 bits per heavy atom. The largest absolute Gasteiger partial charge is 0.503 e. The summed E-state index contributed by atoms with van der Waals surface area (Å²) in [5, 5.41) is 21.2. The topological polar surface area (TPSA) is 144 Å². The van der Waals surface area contributed by atoms with E-state index in [9.17, 15) is 38.2 Å². The maximum atomic E-state index is 13.4. The number of hydrogen-bond acceptors (Lipinski definition) is 8. The SMILES string of the molecule is C/C=C1\COCc2c1c(=O)c(O)c1n2CCN(Cc2ccc(F)c(Cl)c2)C1=O.CC1CC12COCc1c2c(=O)c(O)c2n1CCN(Cc1ccc(F)c(Cl)c1)C2=O. The van der Waals surface area contributed by atoms with Gasteiger partial charge in [-0.1, -0.05) is 48.3 Å². The van der Waals surface area contributed by atoms with Crippen molar-refractivity contribution in [2.45, 2.75) is 65.1 Å². The van der Waals surface area contributed by atoms with Gasteiger partial charge in [-0.25, -0.2) is 8.78 Å². The predicted molar refractivity (Wildman–Crippen MR) is 205 cm³/mol. The molecule has 2 atom stereocenters. The van der Waals surface area contributed by atoms with Crippen LogP contribution in [0.5, 0.6) is 11.5 Å². The van der Waals surface area contributed by atoms with E-state index < -0.39 is 45.8 Å². The zero-order valence-electron chi connectivity index (χ0n) is 31.0. The summed E-state index contributed by atoms with van der Waals surface area (Å²) in [7, 11) is 0. The monoisotopic (exact) mass is 822 g/mol. The summed E-state index contributed by atoms with van der Waals surface area (Å²) in [5.41, 5.74) is 2.99. The first-order chi connectivity index (χ1) is 27.2. The molecule has 2 amide bonds. The maximum absolute atomic E-state index is 13.4. The fourth-order valence-corrected chi connectivity index (χ4v) is 8.95. The number of carbonyl (C=O) groups excluding carboxylic acids is 2. The van der Waals surface area contributed by atoms with Crippen LogP contribution in [0.2, 0.25) is 10.0 Å². The van der Waals surface area contributed by atoms with Gasteiger partial charge in [0.1, 0.15) is 11.6 Å². The molecule has 2 aromatic heterocycles. The number of ether oxygens (including phenoxy) is 2. The van der Waals surface area contributed by atoms with Crippen LogP contribution in [0.1, 0.15) is 74.9 Å². The zero-order chi connectivity index (χ0) is 40.5. The van der Waals surface area contributed by atoms with E-state index in [-0.39, 0.29) is 53.2 Å². The molecule has 9 rings (SSSR count). The van der Waals surface area contributed by atoms with Crippen LogP contribution >= 0.6 is 23.2 Å². The van der Waals surface area contributed by atoms with Gasteiger partial charge in [0, 0.05) is 50.2 Å². The molecule has 2 N–H and O–H groups in total. The minimum absolute atomic E-state index is 0.00200. The van der Waals surface area contributed by atoms with Crippen molar-refractivity contribution in [3.8, 4) is 11.5 Å². The summed E-state index contributed by atoms with van der Waals surface area (Å²) in [6.45, 7) is 7.13. The number of amides is 2. The molecule has 4 aliphatic heterocycles. The van der Waals surface area contributed by atoms with Gasteiger partial charge in [0.2, 0.25) is 10.9 Å². The van der Waals surface area contributed by atoms with E-state index in [0.29, 0.717) is 84.5 Å². The smallest absolute Gasteiger partial charge is 0.274 e. The number of benzene rings is 2. The first-order valence-corrected chi connectivity index (χ1v) is 19.3. The summed E-state index contributed by atoms with van der Waals surface area (Å²) < 4.78 is 41.5. The predicted octanol–water partition coefficient (Wildman–Crippen LogP) is 5.75. The van der Waals surface area contributed by atoms with Gasteiger partial charge in [-0.2, -0.15) is 0 Å². The minimum Gasteiger partial charge on any atom is -0.503 e. The number of pyridine rings is 2. The standard InChI is InChI=1S/C21H20ClFN2O4.C20H18ClFN2O4/c1-11-7-21(11)10-29-9-15-16(21)18(26)19(27)17-20(28)24(4-5-25(15)17)8-12-2-3-14(23)13(22)6-12;1-2-12-9-28-10-15-16(12)18(25)19(26)17-20(27)23(5-6-24(15)17)8-11-3-4-14(22)13(21)7-11/h2-3,6,11,27H,4-5,7-10H2,1H3;2-4,7,26H,5-6,8-10H2,1H3/b;12-2+. The molecule has 0 radical (unpaired) electrons. The van der Waals surface area contributed by atoms with E-state index >= 15 is 0 Å². The molecule has 0 bridgehead atoms. The Morgan fingerprint density at radius 3 is 1.79 bits per heavy atom. The summed E-state index contributed by atoms with van der Waals surface area (Å²) in [4.78, 5) is 55.0. The Morgan fingerprint density at radius 1 is 0.772 bits per heavy atom. The second-order valence-electron chi connectivity index (χ2n) is 15.0. The molecule has 5 aliphatic rings. The molecule has 12 nitrogen and oxygen atoms in total. The van der Waals surface area contributed by atoms with Crippen LogP contribution in [0.25, 0.3) is 5.57 Å². The Labute approximate surface area is 335 Å². The van der Waals surface area contributed by atoms with Gasteiger partial charge >= 0.3 is 0 Å². The molecule has 1 fully saturated rings. The number of allylic oxidation sites excluding steroid dienone is 1. The van der Waals surface area contributed by atoms with Gasteiger partial charge in [-0.05, 0) is 60.2 Å². The number of aromatic hydroxyl groups is 2. The number of aromatic nitrogens is 2. The Balaban J connectivity index is 0.000000160. The van der Waals surface area contributed by atoms with Gasteiger partial charge in [0.05, 0.1) is 53.4 Å². The molecule has 6 heterocycles. The summed E-state index contributed by atoms with van der Waals surface area (Å²) in [5.74, 6) is -2.68. The van der Waals surface area contributed by atoms with Crippen molar-refractivity contribution in [2.24, 2.45) is 5.92 Å². The Kier molecular flexibility index (Phi) is 10.0. The average molecular weight is 824 g/mol. The van der Waals surface area contributed by atoms with Crippen LogP contribution < -0.4 is 10.9 Å². The fraction of sp³-hybridized carbons (Fsp3) is 0.366. The van der Waals surface area contributed by atoms with Crippen LogP contribution in [0.3, 0.4) is 0 Å². The zero-order valence-corrected chi connectivity index (χ0v) is 32.6.